The van der Waals surface area contributed by atoms with E-state index >= 15 is 0 Å². The molecule has 8 heteroatoms. The van der Waals surface area contributed by atoms with Crippen LogP contribution in [0.3, 0.4) is 0 Å². The van der Waals surface area contributed by atoms with Crippen LogP contribution in [0.5, 0.6) is 0 Å². The van der Waals surface area contributed by atoms with Crippen LogP contribution in [0.4, 0.5) is 11.5 Å². The molecular weight excluding hydrogens is 308 g/mol. The number of hydrogen-bond donors (Lipinski definition) is 3. The highest BCUT2D eigenvalue weighted by Gasteiger charge is 2.12. The number of rotatable bonds is 4. The SMILES string of the molecule is Cc1ccnc(Nc2cccc(S(N)(=O)=O)c2)c1C(N)=S. The summed E-state index contributed by atoms with van der Waals surface area (Å²) in [6, 6.07) is 7.90. The van der Waals surface area contributed by atoms with Gasteiger partial charge in [0.25, 0.3) is 0 Å². The Morgan fingerprint density at radius 1 is 1.33 bits per heavy atom. The van der Waals surface area contributed by atoms with Gasteiger partial charge in [-0.2, -0.15) is 0 Å². The third kappa shape index (κ3) is 3.54. The fourth-order valence-electron chi connectivity index (χ4n) is 1.85. The normalized spacial score (nSPS) is 11.1. The number of nitrogens with two attached hydrogens (primary N) is 2. The van der Waals surface area contributed by atoms with Crippen LogP contribution in [0, 0.1) is 6.92 Å². The van der Waals surface area contributed by atoms with Crippen molar-refractivity contribution in [3.63, 3.8) is 0 Å². The van der Waals surface area contributed by atoms with E-state index in [2.05, 4.69) is 10.3 Å². The van der Waals surface area contributed by atoms with Gasteiger partial charge in [-0.1, -0.05) is 18.3 Å². The lowest BCUT2D eigenvalue weighted by Crippen LogP contribution is -2.15. The van der Waals surface area contributed by atoms with Crippen LogP contribution in [0.25, 0.3) is 0 Å². The summed E-state index contributed by atoms with van der Waals surface area (Å²) in [7, 11) is -3.76. The highest BCUT2D eigenvalue weighted by Crippen LogP contribution is 2.22. The summed E-state index contributed by atoms with van der Waals surface area (Å²) >= 11 is 5.02. The van der Waals surface area contributed by atoms with Crippen LogP contribution in [0.1, 0.15) is 11.1 Å². The topological polar surface area (TPSA) is 111 Å². The molecule has 21 heavy (non-hydrogen) atoms. The first-order valence-electron chi connectivity index (χ1n) is 5.94. The highest BCUT2D eigenvalue weighted by molar-refractivity contribution is 7.89. The molecule has 1 heterocycles. The van der Waals surface area contributed by atoms with Gasteiger partial charge in [0.05, 0.1) is 10.5 Å². The lowest BCUT2D eigenvalue weighted by atomic mass is 10.1. The van der Waals surface area contributed by atoms with E-state index in [0.717, 1.165) is 5.56 Å². The molecule has 110 valence electrons. The van der Waals surface area contributed by atoms with Gasteiger partial charge in [0.15, 0.2) is 0 Å². The van der Waals surface area contributed by atoms with Crippen molar-refractivity contribution < 1.29 is 8.42 Å². The van der Waals surface area contributed by atoms with Gasteiger partial charge in [-0.15, -0.1) is 0 Å². The van der Waals surface area contributed by atoms with E-state index in [1.165, 1.54) is 12.1 Å². The lowest BCUT2D eigenvalue weighted by molar-refractivity contribution is 0.598. The fourth-order valence-corrected chi connectivity index (χ4v) is 2.67. The number of nitrogens with one attached hydrogen (secondary N) is 1. The van der Waals surface area contributed by atoms with E-state index in [1.54, 1.807) is 24.4 Å². The Balaban J connectivity index is 2.44. The molecule has 1 aromatic carbocycles. The Morgan fingerprint density at radius 3 is 2.67 bits per heavy atom. The zero-order valence-electron chi connectivity index (χ0n) is 11.2. The Kier molecular flexibility index (Phi) is 4.21. The zero-order valence-corrected chi connectivity index (χ0v) is 12.8. The molecule has 0 spiro atoms. The number of hydrogen-bond acceptors (Lipinski definition) is 5. The predicted molar refractivity (Wildman–Crippen MR) is 86.0 cm³/mol. The second-order valence-corrected chi connectivity index (χ2v) is 6.41. The second kappa shape index (κ2) is 5.76. The maximum absolute atomic E-state index is 11.4. The van der Waals surface area contributed by atoms with Gasteiger partial charge in [-0.3, -0.25) is 0 Å². The minimum atomic E-state index is -3.76. The number of thiocarbonyl (C=S) groups is 1. The summed E-state index contributed by atoms with van der Waals surface area (Å²) in [5.74, 6) is 0.467. The molecule has 0 saturated carbocycles. The van der Waals surface area contributed by atoms with Crippen molar-refractivity contribution in [3.8, 4) is 0 Å². The van der Waals surface area contributed by atoms with Gasteiger partial charge in [0.2, 0.25) is 10.0 Å². The van der Waals surface area contributed by atoms with Gasteiger partial charge < -0.3 is 11.1 Å². The van der Waals surface area contributed by atoms with Gasteiger partial charge in [0, 0.05) is 11.9 Å². The minimum absolute atomic E-state index is 0.0111. The standard InChI is InChI=1S/C13H14N4O2S2/c1-8-5-6-16-13(11(8)12(14)20)17-9-3-2-4-10(7-9)21(15,18)19/h2-7H,1H3,(H2,14,20)(H,16,17)(H2,15,18,19). The number of primary sulfonamides is 1. The van der Waals surface area contributed by atoms with Gasteiger partial charge >= 0.3 is 0 Å². The van der Waals surface area contributed by atoms with E-state index < -0.39 is 10.0 Å². The summed E-state index contributed by atoms with van der Waals surface area (Å²) < 4.78 is 22.7. The molecule has 1 aromatic heterocycles. The van der Waals surface area contributed by atoms with Gasteiger partial charge in [-0.25, -0.2) is 18.5 Å². The van der Waals surface area contributed by atoms with Crippen molar-refractivity contribution in [2.75, 3.05) is 5.32 Å². The Bertz CT molecular complexity index is 804. The number of aromatic nitrogens is 1. The number of anilines is 2. The number of nitrogens with zero attached hydrogens (tertiary/aromatic N) is 1. The molecule has 6 nitrogen and oxygen atoms in total. The number of sulfonamides is 1. The average molecular weight is 322 g/mol. The van der Waals surface area contributed by atoms with E-state index in [0.29, 0.717) is 17.1 Å². The zero-order chi connectivity index (χ0) is 15.6. The van der Waals surface area contributed by atoms with E-state index in [4.69, 9.17) is 23.1 Å². The summed E-state index contributed by atoms with van der Waals surface area (Å²) in [4.78, 5) is 4.41. The Labute approximate surface area is 128 Å². The molecule has 0 atom stereocenters. The molecule has 5 N–H and O–H groups in total. The monoisotopic (exact) mass is 322 g/mol. The first-order valence-corrected chi connectivity index (χ1v) is 7.90. The average Bonchev–Trinajstić information content (AvgIpc) is 2.37. The van der Waals surface area contributed by atoms with Crippen molar-refractivity contribution in [2.45, 2.75) is 11.8 Å². The molecule has 0 amide bonds. The summed E-state index contributed by atoms with van der Waals surface area (Å²) in [6.45, 7) is 1.86. The molecule has 2 aromatic rings. The van der Waals surface area contributed by atoms with Crippen molar-refractivity contribution in [3.05, 3.63) is 47.7 Å². The first-order chi connectivity index (χ1) is 9.79. The van der Waals surface area contributed by atoms with Gasteiger partial charge in [-0.05, 0) is 36.8 Å². The number of aryl methyl sites for hydroxylation is 1. The van der Waals surface area contributed by atoms with Crippen LogP contribution >= 0.6 is 12.2 Å². The lowest BCUT2D eigenvalue weighted by Gasteiger charge is -2.12. The van der Waals surface area contributed by atoms with E-state index in [-0.39, 0.29) is 9.88 Å². The van der Waals surface area contributed by atoms with Crippen LogP contribution in [-0.2, 0) is 10.0 Å². The summed E-state index contributed by atoms with van der Waals surface area (Å²) in [6.07, 6.45) is 1.61. The first kappa shape index (κ1) is 15.4. The molecule has 0 aliphatic carbocycles. The molecule has 0 aliphatic rings. The Hall–Kier alpha value is -2.03. The number of pyridine rings is 1. The van der Waals surface area contributed by atoms with Gasteiger partial charge in [0.1, 0.15) is 10.8 Å². The molecule has 0 radical (unpaired) electrons. The molecule has 2 rings (SSSR count). The molecule has 0 bridgehead atoms. The third-order valence-electron chi connectivity index (χ3n) is 2.83. The van der Waals surface area contributed by atoms with Crippen LogP contribution in [0.15, 0.2) is 41.4 Å². The maximum Gasteiger partial charge on any atom is 0.238 e. The predicted octanol–water partition coefficient (Wildman–Crippen LogP) is 1.42. The molecule has 0 aliphatic heterocycles. The second-order valence-electron chi connectivity index (χ2n) is 4.41. The van der Waals surface area contributed by atoms with E-state index in [1.807, 2.05) is 6.92 Å². The molecule has 0 fully saturated rings. The smallest absolute Gasteiger partial charge is 0.238 e. The van der Waals surface area contributed by atoms with E-state index in [9.17, 15) is 8.42 Å². The molecule has 0 unspecified atom stereocenters. The quantitative estimate of drug-likeness (QED) is 0.734. The van der Waals surface area contributed by atoms with Crippen LogP contribution in [0.2, 0.25) is 0 Å². The van der Waals surface area contributed by atoms with Crippen molar-refractivity contribution in [1.82, 2.24) is 4.98 Å². The highest BCUT2D eigenvalue weighted by atomic mass is 32.2. The Morgan fingerprint density at radius 2 is 2.05 bits per heavy atom. The van der Waals surface area contributed by atoms with Crippen molar-refractivity contribution in [1.29, 1.82) is 0 Å². The third-order valence-corrected chi connectivity index (χ3v) is 3.95. The summed E-state index contributed by atoms with van der Waals surface area (Å²) in [5.41, 5.74) is 7.73. The largest absolute Gasteiger partial charge is 0.389 e. The van der Waals surface area contributed by atoms with Crippen molar-refractivity contribution in [2.24, 2.45) is 10.9 Å². The fraction of sp³-hybridized carbons (Fsp3) is 0.0769. The molecule has 0 saturated heterocycles. The van der Waals surface area contributed by atoms with Crippen LogP contribution in [-0.4, -0.2) is 18.4 Å². The molecular formula is C13H14N4O2S2. The summed E-state index contributed by atoms with van der Waals surface area (Å²) in [5, 5.41) is 8.12. The number of benzene rings is 1. The minimum Gasteiger partial charge on any atom is -0.389 e. The van der Waals surface area contributed by atoms with Crippen LogP contribution < -0.4 is 16.2 Å². The maximum atomic E-state index is 11.4. The van der Waals surface area contributed by atoms with Crippen molar-refractivity contribution >= 4 is 38.7 Å².